The maximum absolute atomic E-state index is 12.7. The lowest BCUT2D eigenvalue weighted by molar-refractivity contribution is 0.0761. The van der Waals surface area contributed by atoms with Crippen molar-refractivity contribution in [3.05, 3.63) is 27.8 Å². The summed E-state index contributed by atoms with van der Waals surface area (Å²) in [6.45, 7) is 7.22. The van der Waals surface area contributed by atoms with Crippen molar-refractivity contribution in [1.29, 1.82) is 0 Å². The summed E-state index contributed by atoms with van der Waals surface area (Å²) < 4.78 is 5.48. The lowest BCUT2D eigenvalue weighted by Gasteiger charge is -2.25. The van der Waals surface area contributed by atoms with E-state index in [2.05, 4.69) is 26.9 Å². The third-order valence-electron chi connectivity index (χ3n) is 5.06. The van der Waals surface area contributed by atoms with Crippen molar-refractivity contribution in [3.8, 4) is 0 Å². The molecule has 2 aromatic heterocycles. The SMILES string of the molecule is Cc1ncsc1C(=O)N1CCCN(C(C)c2nc(C3CC3)no2)CC1. The first-order valence-electron chi connectivity index (χ1n) is 8.90. The summed E-state index contributed by atoms with van der Waals surface area (Å²) in [6.07, 6.45) is 3.29. The van der Waals surface area contributed by atoms with E-state index in [1.165, 1.54) is 24.2 Å². The van der Waals surface area contributed by atoms with Gasteiger partial charge in [-0.15, -0.1) is 11.3 Å². The van der Waals surface area contributed by atoms with E-state index in [1.54, 1.807) is 5.51 Å². The van der Waals surface area contributed by atoms with E-state index in [1.807, 2.05) is 11.8 Å². The Labute approximate surface area is 151 Å². The van der Waals surface area contributed by atoms with Gasteiger partial charge in [-0.3, -0.25) is 9.69 Å². The third kappa shape index (κ3) is 3.46. The molecule has 7 nitrogen and oxygen atoms in total. The van der Waals surface area contributed by atoms with Crippen LogP contribution in [0.15, 0.2) is 10.0 Å². The Balaban J connectivity index is 1.40. The van der Waals surface area contributed by atoms with Crippen LogP contribution in [0.25, 0.3) is 0 Å². The average Bonchev–Trinajstić information content (AvgIpc) is 3.27. The molecule has 0 N–H and O–H groups in total. The van der Waals surface area contributed by atoms with Crippen molar-refractivity contribution in [2.45, 2.75) is 45.1 Å². The van der Waals surface area contributed by atoms with Crippen LogP contribution >= 0.6 is 11.3 Å². The van der Waals surface area contributed by atoms with E-state index in [-0.39, 0.29) is 11.9 Å². The molecule has 2 aliphatic rings. The number of thiazole rings is 1. The minimum Gasteiger partial charge on any atom is -0.338 e. The van der Waals surface area contributed by atoms with Gasteiger partial charge in [0.05, 0.1) is 17.2 Å². The van der Waals surface area contributed by atoms with Crippen molar-refractivity contribution in [2.24, 2.45) is 0 Å². The van der Waals surface area contributed by atoms with Gasteiger partial charge in [-0.1, -0.05) is 5.16 Å². The summed E-state index contributed by atoms with van der Waals surface area (Å²) in [4.78, 5) is 26.5. The fraction of sp³-hybridized carbons (Fsp3) is 0.647. The first-order chi connectivity index (χ1) is 12.1. The Kier molecular flexibility index (Phi) is 4.56. The number of nitrogens with zero attached hydrogens (tertiary/aromatic N) is 5. The molecule has 8 heteroatoms. The molecule has 134 valence electrons. The Bertz CT molecular complexity index is 754. The molecule has 3 heterocycles. The minimum atomic E-state index is 0.0835. The third-order valence-corrected chi connectivity index (χ3v) is 5.98. The summed E-state index contributed by atoms with van der Waals surface area (Å²) in [5.74, 6) is 2.15. The molecule has 1 atom stereocenters. The maximum Gasteiger partial charge on any atom is 0.265 e. The molecule has 1 saturated heterocycles. The molecule has 1 amide bonds. The van der Waals surface area contributed by atoms with Crippen LogP contribution in [0.1, 0.15) is 65.2 Å². The number of rotatable bonds is 4. The maximum atomic E-state index is 12.7. The Morgan fingerprint density at radius 3 is 2.88 bits per heavy atom. The molecular formula is C17H23N5O2S. The number of aromatic nitrogens is 3. The van der Waals surface area contributed by atoms with Gasteiger partial charge < -0.3 is 9.42 Å². The second-order valence-electron chi connectivity index (χ2n) is 6.89. The van der Waals surface area contributed by atoms with Gasteiger partial charge in [0.25, 0.3) is 5.91 Å². The molecule has 1 saturated carbocycles. The van der Waals surface area contributed by atoms with Gasteiger partial charge in [-0.25, -0.2) is 4.98 Å². The summed E-state index contributed by atoms with van der Waals surface area (Å²) in [6, 6.07) is 0.0835. The van der Waals surface area contributed by atoms with Crippen LogP contribution in [0, 0.1) is 6.92 Å². The normalized spacial score (nSPS) is 20.5. The molecule has 1 aliphatic carbocycles. The number of aryl methyl sites for hydroxylation is 1. The van der Waals surface area contributed by atoms with Gasteiger partial charge in [0.1, 0.15) is 4.88 Å². The van der Waals surface area contributed by atoms with Gasteiger partial charge in [-0.05, 0) is 33.1 Å². The number of carbonyl (C=O) groups excluding carboxylic acids is 1. The van der Waals surface area contributed by atoms with Gasteiger partial charge in [0.2, 0.25) is 5.89 Å². The van der Waals surface area contributed by atoms with E-state index >= 15 is 0 Å². The van der Waals surface area contributed by atoms with Crippen LogP contribution in [-0.4, -0.2) is 57.0 Å². The predicted octanol–water partition coefficient (Wildman–Crippen LogP) is 2.62. The summed E-state index contributed by atoms with van der Waals surface area (Å²) in [5, 5.41) is 4.12. The van der Waals surface area contributed by atoms with E-state index in [9.17, 15) is 4.79 Å². The van der Waals surface area contributed by atoms with Gasteiger partial charge in [-0.2, -0.15) is 4.98 Å². The second-order valence-corrected chi connectivity index (χ2v) is 7.74. The van der Waals surface area contributed by atoms with Crippen molar-refractivity contribution in [2.75, 3.05) is 26.2 Å². The van der Waals surface area contributed by atoms with Crippen LogP contribution in [-0.2, 0) is 0 Å². The number of hydrogen-bond acceptors (Lipinski definition) is 7. The number of amides is 1. The van der Waals surface area contributed by atoms with Crippen molar-refractivity contribution in [1.82, 2.24) is 24.9 Å². The molecule has 4 rings (SSSR count). The predicted molar refractivity (Wildman–Crippen MR) is 93.6 cm³/mol. The summed E-state index contributed by atoms with van der Waals surface area (Å²) in [5.41, 5.74) is 2.56. The van der Waals surface area contributed by atoms with Crippen LogP contribution in [0.4, 0.5) is 0 Å². The van der Waals surface area contributed by atoms with Crippen LogP contribution < -0.4 is 0 Å². The minimum absolute atomic E-state index is 0.0835. The Morgan fingerprint density at radius 2 is 2.16 bits per heavy atom. The van der Waals surface area contributed by atoms with Crippen LogP contribution in [0.5, 0.6) is 0 Å². The first kappa shape index (κ1) is 16.7. The summed E-state index contributed by atoms with van der Waals surface area (Å²) in [7, 11) is 0. The lowest BCUT2D eigenvalue weighted by atomic mass is 10.2. The van der Waals surface area contributed by atoms with E-state index in [4.69, 9.17) is 4.52 Å². The Hall–Kier alpha value is -1.80. The highest BCUT2D eigenvalue weighted by Gasteiger charge is 2.31. The van der Waals surface area contributed by atoms with Crippen LogP contribution in [0.2, 0.25) is 0 Å². The largest absolute Gasteiger partial charge is 0.338 e. The molecule has 1 unspecified atom stereocenters. The zero-order chi connectivity index (χ0) is 17.4. The molecule has 2 fully saturated rings. The molecule has 0 radical (unpaired) electrons. The molecule has 0 aromatic carbocycles. The van der Waals surface area contributed by atoms with Crippen molar-refractivity contribution >= 4 is 17.2 Å². The highest BCUT2D eigenvalue weighted by Crippen LogP contribution is 2.38. The number of carbonyl (C=O) groups is 1. The smallest absolute Gasteiger partial charge is 0.265 e. The fourth-order valence-corrected chi connectivity index (χ4v) is 4.03. The van der Waals surface area contributed by atoms with Crippen molar-refractivity contribution in [3.63, 3.8) is 0 Å². The molecule has 0 bridgehead atoms. The zero-order valence-electron chi connectivity index (χ0n) is 14.6. The molecule has 2 aromatic rings. The monoisotopic (exact) mass is 361 g/mol. The molecular weight excluding hydrogens is 338 g/mol. The number of hydrogen-bond donors (Lipinski definition) is 0. The zero-order valence-corrected chi connectivity index (χ0v) is 15.5. The highest BCUT2D eigenvalue weighted by molar-refractivity contribution is 7.11. The Morgan fingerprint density at radius 1 is 1.32 bits per heavy atom. The van der Waals surface area contributed by atoms with Crippen molar-refractivity contribution < 1.29 is 9.32 Å². The van der Waals surface area contributed by atoms with E-state index in [0.29, 0.717) is 18.4 Å². The van der Waals surface area contributed by atoms with Gasteiger partial charge in [0.15, 0.2) is 5.82 Å². The quantitative estimate of drug-likeness (QED) is 0.833. The molecule has 0 spiro atoms. The van der Waals surface area contributed by atoms with Gasteiger partial charge >= 0.3 is 0 Å². The summed E-state index contributed by atoms with van der Waals surface area (Å²) >= 11 is 1.42. The highest BCUT2D eigenvalue weighted by atomic mass is 32.1. The molecule has 1 aliphatic heterocycles. The lowest BCUT2D eigenvalue weighted by Crippen LogP contribution is -2.36. The second kappa shape index (κ2) is 6.84. The fourth-order valence-electron chi connectivity index (χ4n) is 3.26. The first-order valence-corrected chi connectivity index (χ1v) is 9.78. The standard InChI is InChI=1S/C17H23N5O2S/c1-11-14(25-10-18-11)17(23)22-7-3-6-21(8-9-22)12(2)16-19-15(20-24-16)13-4-5-13/h10,12-13H,3-9H2,1-2H3. The van der Waals surface area contributed by atoms with E-state index in [0.717, 1.165) is 42.5 Å². The average molecular weight is 361 g/mol. The van der Waals surface area contributed by atoms with Crippen LogP contribution in [0.3, 0.4) is 0 Å². The topological polar surface area (TPSA) is 75.4 Å². The van der Waals surface area contributed by atoms with Gasteiger partial charge in [0, 0.05) is 32.1 Å². The molecule has 25 heavy (non-hydrogen) atoms. The van der Waals surface area contributed by atoms with E-state index < -0.39 is 0 Å².